The van der Waals surface area contributed by atoms with Gasteiger partial charge in [-0.3, -0.25) is 9.59 Å². The minimum Gasteiger partial charge on any atom is -0.394 e. The second-order valence-corrected chi connectivity index (χ2v) is 3.46. The molecule has 0 unspecified atom stereocenters. The zero-order valence-electron chi connectivity index (χ0n) is 8.25. The van der Waals surface area contributed by atoms with Crippen LogP contribution in [0.15, 0.2) is 0 Å². The zero-order chi connectivity index (χ0) is 10.6. The monoisotopic (exact) mass is 200 g/mol. The molecule has 0 aliphatic carbocycles. The predicted octanol–water partition coefficient (Wildman–Crippen LogP) is -0.848. The van der Waals surface area contributed by atoms with E-state index < -0.39 is 6.04 Å². The first-order valence-corrected chi connectivity index (χ1v) is 4.88. The highest BCUT2D eigenvalue weighted by Crippen LogP contribution is 2.06. The maximum absolute atomic E-state index is 11.5. The van der Waals surface area contributed by atoms with Crippen molar-refractivity contribution in [3.05, 3.63) is 0 Å². The van der Waals surface area contributed by atoms with Crippen LogP contribution < -0.4 is 10.6 Å². The third-order valence-corrected chi connectivity index (χ3v) is 2.37. The van der Waals surface area contributed by atoms with Gasteiger partial charge in [-0.05, 0) is 12.8 Å². The third kappa shape index (κ3) is 2.70. The SMILES string of the molecule is CC[C@@H](CO)NC(=O)[C@@H]1CCC(=O)N1. The largest absolute Gasteiger partial charge is 0.394 e. The third-order valence-electron chi connectivity index (χ3n) is 2.37. The summed E-state index contributed by atoms with van der Waals surface area (Å²) in [6.07, 6.45) is 1.64. The van der Waals surface area contributed by atoms with Crippen LogP contribution in [0.4, 0.5) is 0 Å². The quantitative estimate of drug-likeness (QED) is 0.553. The summed E-state index contributed by atoms with van der Waals surface area (Å²) < 4.78 is 0. The molecule has 3 N–H and O–H groups in total. The topological polar surface area (TPSA) is 78.4 Å². The highest BCUT2D eigenvalue weighted by atomic mass is 16.3. The van der Waals surface area contributed by atoms with Crippen LogP contribution in [0.2, 0.25) is 0 Å². The van der Waals surface area contributed by atoms with Crippen LogP contribution in [0.3, 0.4) is 0 Å². The molecule has 1 fully saturated rings. The van der Waals surface area contributed by atoms with E-state index in [0.29, 0.717) is 19.3 Å². The molecule has 0 aromatic rings. The first-order chi connectivity index (χ1) is 6.67. The Morgan fingerprint density at radius 2 is 2.50 bits per heavy atom. The van der Waals surface area contributed by atoms with E-state index >= 15 is 0 Å². The van der Waals surface area contributed by atoms with Crippen LogP contribution in [0, 0.1) is 0 Å². The second kappa shape index (κ2) is 4.95. The van der Waals surface area contributed by atoms with Gasteiger partial charge in [0.15, 0.2) is 0 Å². The normalized spacial score (nSPS) is 23.0. The summed E-state index contributed by atoms with van der Waals surface area (Å²) in [6.45, 7) is 1.82. The molecule has 1 aliphatic rings. The van der Waals surface area contributed by atoms with Gasteiger partial charge in [0.05, 0.1) is 12.6 Å². The fourth-order valence-corrected chi connectivity index (χ4v) is 1.39. The molecule has 0 aromatic carbocycles. The lowest BCUT2D eigenvalue weighted by atomic mass is 10.2. The van der Waals surface area contributed by atoms with Gasteiger partial charge < -0.3 is 15.7 Å². The number of amides is 2. The van der Waals surface area contributed by atoms with Gasteiger partial charge in [-0.15, -0.1) is 0 Å². The molecule has 5 heteroatoms. The lowest BCUT2D eigenvalue weighted by Gasteiger charge is -2.17. The van der Waals surface area contributed by atoms with Crippen molar-refractivity contribution in [2.45, 2.75) is 38.3 Å². The van der Waals surface area contributed by atoms with E-state index in [0.717, 1.165) is 0 Å². The lowest BCUT2D eigenvalue weighted by Crippen LogP contribution is -2.46. The molecule has 1 aliphatic heterocycles. The molecule has 2 atom stereocenters. The second-order valence-electron chi connectivity index (χ2n) is 3.46. The molecule has 0 radical (unpaired) electrons. The van der Waals surface area contributed by atoms with Crippen molar-refractivity contribution < 1.29 is 14.7 Å². The first-order valence-electron chi connectivity index (χ1n) is 4.88. The van der Waals surface area contributed by atoms with Crippen molar-refractivity contribution >= 4 is 11.8 Å². The van der Waals surface area contributed by atoms with Crippen molar-refractivity contribution in [3.8, 4) is 0 Å². The molecule has 0 bridgehead atoms. The molecule has 0 spiro atoms. The predicted molar refractivity (Wildman–Crippen MR) is 50.5 cm³/mol. The van der Waals surface area contributed by atoms with Gasteiger partial charge in [0.25, 0.3) is 0 Å². The van der Waals surface area contributed by atoms with E-state index in [2.05, 4.69) is 10.6 Å². The summed E-state index contributed by atoms with van der Waals surface area (Å²) in [7, 11) is 0. The lowest BCUT2D eigenvalue weighted by molar-refractivity contribution is -0.126. The summed E-state index contributed by atoms with van der Waals surface area (Å²) in [5.74, 6) is -0.279. The van der Waals surface area contributed by atoms with Gasteiger partial charge in [-0.1, -0.05) is 6.92 Å². The highest BCUT2D eigenvalue weighted by molar-refractivity contribution is 5.90. The van der Waals surface area contributed by atoms with E-state index in [-0.39, 0.29) is 24.5 Å². The van der Waals surface area contributed by atoms with Crippen LogP contribution in [0.25, 0.3) is 0 Å². The molecule has 0 aromatic heterocycles. The number of hydrogen-bond acceptors (Lipinski definition) is 3. The summed E-state index contributed by atoms with van der Waals surface area (Å²) in [4.78, 5) is 22.3. The minimum atomic E-state index is -0.414. The maximum Gasteiger partial charge on any atom is 0.242 e. The van der Waals surface area contributed by atoms with E-state index in [9.17, 15) is 9.59 Å². The molecule has 5 nitrogen and oxygen atoms in total. The van der Waals surface area contributed by atoms with Gasteiger partial charge in [0.2, 0.25) is 11.8 Å². The van der Waals surface area contributed by atoms with Crippen LogP contribution >= 0.6 is 0 Å². The number of aliphatic hydroxyl groups excluding tert-OH is 1. The Bertz CT molecular complexity index is 226. The molecule has 0 saturated carbocycles. The zero-order valence-corrected chi connectivity index (χ0v) is 8.25. The highest BCUT2D eigenvalue weighted by Gasteiger charge is 2.27. The fraction of sp³-hybridized carbons (Fsp3) is 0.778. The average Bonchev–Trinajstić information content (AvgIpc) is 2.61. The number of aliphatic hydroxyl groups is 1. The summed E-state index contributed by atoms with van der Waals surface area (Å²) in [6, 6.07) is -0.622. The van der Waals surface area contributed by atoms with Crippen LogP contribution in [-0.2, 0) is 9.59 Å². The Morgan fingerprint density at radius 1 is 1.79 bits per heavy atom. The number of nitrogens with one attached hydrogen (secondary N) is 2. The van der Waals surface area contributed by atoms with E-state index in [1.54, 1.807) is 0 Å². The van der Waals surface area contributed by atoms with E-state index in [1.165, 1.54) is 0 Å². The molecule has 80 valence electrons. The van der Waals surface area contributed by atoms with Gasteiger partial charge in [-0.2, -0.15) is 0 Å². The molecule has 14 heavy (non-hydrogen) atoms. The maximum atomic E-state index is 11.5. The Labute approximate surface area is 82.9 Å². The minimum absolute atomic E-state index is 0.0666. The van der Waals surface area contributed by atoms with Gasteiger partial charge in [0, 0.05) is 6.42 Å². The van der Waals surface area contributed by atoms with Crippen LogP contribution in [0.1, 0.15) is 26.2 Å². The number of carbonyl (C=O) groups excluding carboxylic acids is 2. The van der Waals surface area contributed by atoms with Crippen molar-refractivity contribution in [3.63, 3.8) is 0 Å². The van der Waals surface area contributed by atoms with Crippen molar-refractivity contribution in [1.82, 2.24) is 10.6 Å². The Kier molecular flexibility index (Phi) is 3.88. The summed E-state index contributed by atoms with van der Waals surface area (Å²) in [5.41, 5.74) is 0. The molecule has 1 heterocycles. The Balaban J connectivity index is 2.38. The van der Waals surface area contributed by atoms with E-state index in [1.807, 2.05) is 6.92 Å². The van der Waals surface area contributed by atoms with E-state index in [4.69, 9.17) is 5.11 Å². The molecule has 1 saturated heterocycles. The molecular weight excluding hydrogens is 184 g/mol. The average molecular weight is 200 g/mol. The van der Waals surface area contributed by atoms with Gasteiger partial charge in [0.1, 0.15) is 6.04 Å². The summed E-state index contributed by atoms with van der Waals surface area (Å²) >= 11 is 0. The van der Waals surface area contributed by atoms with Crippen LogP contribution in [0.5, 0.6) is 0 Å². The van der Waals surface area contributed by atoms with Crippen molar-refractivity contribution in [2.24, 2.45) is 0 Å². The molecule has 1 rings (SSSR count). The number of hydrogen-bond donors (Lipinski definition) is 3. The van der Waals surface area contributed by atoms with Gasteiger partial charge >= 0.3 is 0 Å². The fourth-order valence-electron chi connectivity index (χ4n) is 1.39. The van der Waals surface area contributed by atoms with Gasteiger partial charge in [-0.25, -0.2) is 0 Å². The Morgan fingerprint density at radius 3 is 2.93 bits per heavy atom. The standard InChI is InChI=1S/C9H16N2O3/c1-2-6(5-12)10-9(14)7-3-4-8(13)11-7/h6-7,12H,2-5H2,1H3,(H,10,14)(H,11,13)/t6-,7-/m0/s1. The van der Waals surface area contributed by atoms with Crippen molar-refractivity contribution in [2.75, 3.05) is 6.61 Å². The molecular formula is C9H16N2O3. The van der Waals surface area contributed by atoms with Crippen LogP contribution in [-0.4, -0.2) is 35.6 Å². The Hall–Kier alpha value is -1.10. The van der Waals surface area contributed by atoms with Crippen molar-refractivity contribution in [1.29, 1.82) is 0 Å². The molecule has 2 amide bonds. The first kappa shape index (κ1) is 11.0. The number of carbonyl (C=O) groups is 2. The number of rotatable bonds is 4. The summed E-state index contributed by atoms with van der Waals surface area (Å²) in [5, 5.41) is 14.1. The smallest absolute Gasteiger partial charge is 0.242 e.